The largest absolute Gasteiger partial charge is 0.491 e. The molecule has 0 amide bonds. The zero-order chi connectivity index (χ0) is 15.4. The molecule has 0 radical (unpaired) electrons. The van der Waals surface area contributed by atoms with E-state index in [-0.39, 0.29) is 12.4 Å². The zero-order valence-electron chi connectivity index (χ0n) is 14.3. The van der Waals surface area contributed by atoms with Crippen LogP contribution in [-0.2, 0) is 0 Å². The van der Waals surface area contributed by atoms with Crippen molar-refractivity contribution in [2.45, 2.75) is 59.1 Å². The maximum atomic E-state index is 10.2. The molecule has 2 atom stereocenters. The molecule has 0 spiro atoms. The van der Waals surface area contributed by atoms with E-state index in [4.69, 9.17) is 4.74 Å². The summed E-state index contributed by atoms with van der Waals surface area (Å²) in [6.07, 6.45) is 3.37. The third kappa shape index (κ3) is 5.15. The molecule has 1 saturated heterocycles. The van der Waals surface area contributed by atoms with Crippen LogP contribution >= 0.6 is 12.4 Å². The quantitative estimate of drug-likeness (QED) is 0.896. The minimum absolute atomic E-state index is 0. The van der Waals surface area contributed by atoms with E-state index in [0.717, 1.165) is 12.3 Å². The fourth-order valence-corrected chi connectivity index (χ4v) is 3.09. The Morgan fingerprint density at radius 1 is 1.27 bits per heavy atom. The van der Waals surface area contributed by atoms with Gasteiger partial charge in [0.2, 0.25) is 0 Å². The number of hydrogen-bond acceptors (Lipinski definition) is 3. The molecular weight excluding hydrogens is 298 g/mol. The Labute approximate surface area is 141 Å². The molecule has 1 heterocycles. The van der Waals surface area contributed by atoms with Crippen LogP contribution in [0, 0.1) is 20.8 Å². The highest BCUT2D eigenvalue weighted by Crippen LogP contribution is 2.23. The molecular formula is C18H30ClNO2. The van der Waals surface area contributed by atoms with Crippen molar-refractivity contribution < 1.29 is 9.84 Å². The molecule has 1 fully saturated rings. The molecule has 0 bridgehead atoms. The second-order valence-electron chi connectivity index (χ2n) is 6.51. The summed E-state index contributed by atoms with van der Waals surface area (Å²) in [5, 5.41) is 10.2. The van der Waals surface area contributed by atoms with Gasteiger partial charge in [-0.25, -0.2) is 0 Å². The van der Waals surface area contributed by atoms with Gasteiger partial charge in [0, 0.05) is 12.6 Å². The second kappa shape index (κ2) is 8.76. The Balaban J connectivity index is 0.00000242. The van der Waals surface area contributed by atoms with Crippen molar-refractivity contribution >= 4 is 12.4 Å². The maximum absolute atomic E-state index is 10.2. The van der Waals surface area contributed by atoms with Crippen molar-refractivity contribution in [3.05, 3.63) is 28.8 Å². The summed E-state index contributed by atoms with van der Waals surface area (Å²) in [6, 6.07) is 4.79. The molecule has 0 aliphatic carbocycles. The van der Waals surface area contributed by atoms with E-state index in [1.165, 1.54) is 36.0 Å². The third-order valence-corrected chi connectivity index (χ3v) is 4.58. The summed E-state index contributed by atoms with van der Waals surface area (Å²) in [4.78, 5) is 2.38. The average Bonchev–Trinajstić information content (AvgIpc) is 2.44. The molecule has 3 nitrogen and oxygen atoms in total. The zero-order valence-corrected chi connectivity index (χ0v) is 15.1. The number of nitrogens with zero attached hydrogens (tertiary/aromatic N) is 1. The Morgan fingerprint density at radius 2 is 2.00 bits per heavy atom. The van der Waals surface area contributed by atoms with Gasteiger partial charge in [0.15, 0.2) is 0 Å². The Bertz CT molecular complexity index is 478. The van der Waals surface area contributed by atoms with E-state index < -0.39 is 6.10 Å². The van der Waals surface area contributed by atoms with Gasteiger partial charge < -0.3 is 9.84 Å². The number of β-amino-alcohol motifs (C(OH)–C–C–N with tert-alkyl or cyclic N) is 1. The highest BCUT2D eigenvalue weighted by molar-refractivity contribution is 5.85. The van der Waals surface area contributed by atoms with E-state index in [0.29, 0.717) is 19.2 Å². The monoisotopic (exact) mass is 327 g/mol. The summed E-state index contributed by atoms with van der Waals surface area (Å²) in [7, 11) is 0. The van der Waals surface area contributed by atoms with E-state index >= 15 is 0 Å². The number of piperidine rings is 1. The summed E-state index contributed by atoms with van der Waals surface area (Å²) >= 11 is 0. The van der Waals surface area contributed by atoms with E-state index in [2.05, 4.69) is 44.7 Å². The molecule has 1 aliphatic heterocycles. The number of aliphatic hydroxyl groups is 1. The van der Waals surface area contributed by atoms with Crippen LogP contribution in [0.4, 0.5) is 0 Å². The van der Waals surface area contributed by atoms with Crippen LogP contribution in [-0.4, -0.2) is 41.8 Å². The molecule has 22 heavy (non-hydrogen) atoms. The fourth-order valence-electron chi connectivity index (χ4n) is 3.09. The Morgan fingerprint density at radius 3 is 2.68 bits per heavy atom. The first-order chi connectivity index (χ1) is 9.97. The van der Waals surface area contributed by atoms with Crippen molar-refractivity contribution in [3.8, 4) is 5.75 Å². The maximum Gasteiger partial charge on any atom is 0.122 e. The predicted molar refractivity (Wildman–Crippen MR) is 94.3 cm³/mol. The number of ether oxygens (including phenoxy) is 1. The number of likely N-dealkylation sites (tertiary alicyclic amines) is 1. The number of hydrogen-bond donors (Lipinski definition) is 1. The molecule has 2 unspecified atom stereocenters. The molecule has 1 aliphatic rings. The van der Waals surface area contributed by atoms with Gasteiger partial charge in [0.25, 0.3) is 0 Å². The number of aliphatic hydroxyl groups excluding tert-OH is 1. The first-order valence-corrected chi connectivity index (χ1v) is 8.10. The van der Waals surface area contributed by atoms with Gasteiger partial charge in [-0.15, -0.1) is 12.4 Å². The van der Waals surface area contributed by atoms with Gasteiger partial charge in [-0.05, 0) is 69.8 Å². The summed E-state index contributed by atoms with van der Waals surface area (Å²) in [6.45, 7) is 10.7. The summed E-state index contributed by atoms with van der Waals surface area (Å²) in [5.74, 6) is 0.901. The highest BCUT2D eigenvalue weighted by Gasteiger charge is 2.21. The van der Waals surface area contributed by atoms with E-state index in [1.807, 2.05) is 0 Å². The third-order valence-electron chi connectivity index (χ3n) is 4.58. The van der Waals surface area contributed by atoms with E-state index in [9.17, 15) is 5.11 Å². The number of rotatable bonds is 5. The van der Waals surface area contributed by atoms with Crippen LogP contribution in [0.25, 0.3) is 0 Å². The summed E-state index contributed by atoms with van der Waals surface area (Å²) in [5.41, 5.74) is 3.61. The van der Waals surface area contributed by atoms with Gasteiger partial charge in [0.05, 0.1) is 0 Å². The van der Waals surface area contributed by atoms with Crippen LogP contribution in [0.2, 0.25) is 0 Å². The van der Waals surface area contributed by atoms with Crippen molar-refractivity contribution in [1.29, 1.82) is 0 Å². The van der Waals surface area contributed by atoms with Crippen molar-refractivity contribution in [2.24, 2.45) is 0 Å². The molecule has 1 N–H and O–H groups in total. The molecule has 2 rings (SSSR count). The first kappa shape index (κ1) is 19.3. The number of benzene rings is 1. The van der Waals surface area contributed by atoms with Crippen LogP contribution in [0.1, 0.15) is 42.9 Å². The first-order valence-electron chi connectivity index (χ1n) is 8.10. The molecule has 0 saturated carbocycles. The van der Waals surface area contributed by atoms with Gasteiger partial charge in [-0.1, -0.05) is 12.5 Å². The van der Waals surface area contributed by atoms with Crippen LogP contribution in [0.3, 0.4) is 0 Å². The molecule has 1 aromatic rings. The van der Waals surface area contributed by atoms with Gasteiger partial charge in [-0.2, -0.15) is 0 Å². The van der Waals surface area contributed by atoms with E-state index in [1.54, 1.807) is 0 Å². The topological polar surface area (TPSA) is 32.7 Å². The molecule has 1 aromatic carbocycles. The minimum atomic E-state index is -0.425. The number of halogens is 1. The van der Waals surface area contributed by atoms with Crippen LogP contribution in [0.15, 0.2) is 12.1 Å². The highest BCUT2D eigenvalue weighted by atomic mass is 35.5. The Kier molecular flexibility index (Phi) is 7.67. The fraction of sp³-hybridized carbons (Fsp3) is 0.667. The van der Waals surface area contributed by atoms with Gasteiger partial charge >= 0.3 is 0 Å². The lowest BCUT2D eigenvalue weighted by atomic mass is 10.0. The lowest BCUT2D eigenvalue weighted by molar-refractivity contribution is 0.0436. The van der Waals surface area contributed by atoms with Crippen molar-refractivity contribution in [1.82, 2.24) is 4.90 Å². The normalized spacial score (nSPS) is 20.3. The SMILES string of the molecule is Cc1cc(C)c(C)c(OCC(O)CN2CCCCC2C)c1.Cl. The molecule has 4 heteroatoms. The number of aryl methyl sites for hydroxylation is 2. The Hall–Kier alpha value is -0.770. The standard InChI is InChI=1S/C18H29NO2.ClH/c1-13-9-14(2)16(4)18(10-13)21-12-17(20)11-19-8-6-5-7-15(19)3;/h9-10,15,17,20H,5-8,11-12H2,1-4H3;1H. The van der Waals surface area contributed by atoms with Gasteiger partial charge in [0.1, 0.15) is 18.5 Å². The smallest absolute Gasteiger partial charge is 0.122 e. The van der Waals surface area contributed by atoms with Crippen LogP contribution in [0.5, 0.6) is 5.75 Å². The van der Waals surface area contributed by atoms with Gasteiger partial charge in [-0.3, -0.25) is 4.90 Å². The lowest BCUT2D eigenvalue weighted by Gasteiger charge is -2.34. The lowest BCUT2D eigenvalue weighted by Crippen LogP contribution is -2.43. The minimum Gasteiger partial charge on any atom is -0.491 e. The average molecular weight is 328 g/mol. The van der Waals surface area contributed by atoms with Crippen molar-refractivity contribution in [3.63, 3.8) is 0 Å². The summed E-state index contributed by atoms with van der Waals surface area (Å²) < 4.78 is 5.86. The predicted octanol–water partition coefficient (Wildman–Crippen LogP) is 3.65. The van der Waals surface area contributed by atoms with Crippen molar-refractivity contribution in [2.75, 3.05) is 19.7 Å². The molecule has 126 valence electrons. The second-order valence-corrected chi connectivity index (χ2v) is 6.51. The molecule has 0 aromatic heterocycles. The van der Waals surface area contributed by atoms with Crippen LogP contribution < -0.4 is 4.74 Å².